The molecule has 0 aliphatic heterocycles. The maximum absolute atomic E-state index is 12.1. The lowest BCUT2D eigenvalue weighted by molar-refractivity contribution is -0.479. The highest BCUT2D eigenvalue weighted by molar-refractivity contribution is 6.30. The summed E-state index contributed by atoms with van der Waals surface area (Å²) >= 11 is 5.80. The molecule has 0 aromatic heterocycles. The molecule has 0 amide bonds. The van der Waals surface area contributed by atoms with Gasteiger partial charge in [0.2, 0.25) is 6.54 Å². The van der Waals surface area contributed by atoms with Crippen molar-refractivity contribution in [3.8, 4) is 0 Å². The first-order valence-electron chi connectivity index (χ1n) is 6.49. The van der Waals surface area contributed by atoms with Gasteiger partial charge in [-0.3, -0.25) is 10.1 Å². The second-order valence-corrected chi connectivity index (χ2v) is 5.97. The van der Waals surface area contributed by atoms with Crippen molar-refractivity contribution in [2.45, 2.75) is 32.8 Å². The van der Waals surface area contributed by atoms with Crippen LogP contribution in [0.15, 0.2) is 29.8 Å². The molecule has 0 bridgehead atoms. The zero-order chi connectivity index (χ0) is 16.0. The predicted molar refractivity (Wildman–Crippen MR) is 81.8 cm³/mol. The van der Waals surface area contributed by atoms with Gasteiger partial charge in [-0.1, -0.05) is 23.7 Å². The lowest BCUT2D eigenvalue weighted by atomic mass is 10.1. The summed E-state index contributed by atoms with van der Waals surface area (Å²) in [5, 5.41) is 11.1. The van der Waals surface area contributed by atoms with Gasteiger partial charge in [0.1, 0.15) is 5.60 Å². The van der Waals surface area contributed by atoms with Crippen LogP contribution in [0.25, 0.3) is 6.08 Å². The molecule has 0 aliphatic rings. The third-order valence-corrected chi connectivity index (χ3v) is 2.69. The van der Waals surface area contributed by atoms with Gasteiger partial charge in [-0.15, -0.1) is 0 Å². The van der Waals surface area contributed by atoms with Crippen molar-refractivity contribution in [1.82, 2.24) is 0 Å². The van der Waals surface area contributed by atoms with E-state index in [2.05, 4.69) is 0 Å². The number of ether oxygens (including phenoxy) is 1. The Kier molecular flexibility index (Phi) is 5.90. The summed E-state index contributed by atoms with van der Waals surface area (Å²) < 4.78 is 5.27. The van der Waals surface area contributed by atoms with Crippen molar-refractivity contribution in [3.05, 3.63) is 50.5 Å². The lowest BCUT2D eigenvalue weighted by Crippen LogP contribution is -2.25. The van der Waals surface area contributed by atoms with Gasteiger partial charge in [0.25, 0.3) is 0 Å². The Hall–Kier alpha value is -1.88. The van der Waals surface area contributed by atoms with E-state index >= 15 is 0 Å². The molecule has 21 heavy (non-hydrogen) atoms. The van der Waals surface area contributed by atoms with Crippen LogP contribution in [0, 0.1) is 10.1 Å². The van der Waals surface area contributed by atoms with E-state index in [1.165, 1.54) is 0 Å². The highest BCUT2D eigenvalue weighted by atomic mass is 35.5. The standard InChI is InChI=1S/C15H18ClNO4/c1-15(2,3)21-14(18)12(8-9-17(19)20)10-11-4-6-13(16)7-5-11/h4-7,10H,8-9H2,1-3H3/b12-10-. The zero-order valence-electron chi connectivity index (χ0n) is 12.3. The van der Waals surface area contributed by atoms with Gasteiger partial charge >= 0.3 is 5.97 Å². The van der Waals surface area contributed by atoms with Gasteiger partial charge in [-0.05, 0) is 44.5 Å². The molecule has 0 N–H and O–H groups in total. The van der Waals surface area contributed by atoms with Crippen molar-refractivity contribution in [1.29, 1.82) is 0 Å². The van der Waals surface area contributed by atoms with Gasteiger partial charge < -0.3 is 4.74 Å². The van der Waals surface area contributed by atoms with Crippen molar-refractivity contribution < 1.29 is 14.5 Å². The quantitative estimate of drug-likeness (QED) is 0.359. The molecule has 5 nitrogen and oxygen atoms in total. The first-order chi connectivity index (χ1) is 9.67. The largest absolute Gasteiger partial charge is 0.457 e. The molecular formula is C15H18ClNO4. The van der Waals surface area contributed by atoms with Crippen molar-refractivity contribution >= 4 is 23.6 Å². The number of hydrogen-bond acceptors (Lipinski definition) is 4. The van der Waals surface area contributed by atoms with Crippen molar-refractivity contribution in [2.75, 3.05) is 6.54 Å². The van der Waals surface area contributed by atoms with E-state index in [1.807, 2.05) is 0 Å². The number of nitro groups is 1. The van der Waals surface area contributed by atoms with Gasteiger partial charge in [0.15, 0.2) is 0 Å². The molecule has 0 spiro atoms. The molecule has 1 aromatic carbocycles. The van der Waals surface area contributed by atoms with Gasteiger partial charge in [0.05, 0.1) is 0 Å². The van der Waals surface area contributed by atoms with Crippen LogP contribution in [0.5, 0.6) is 0 Å². The molecule has 0 atom stereocenters. The Bertz CT molecular complexity index is 544. The zero-order valence-corrected chi connectivity index (χ0v) is 13.0. The summed E-state index contributed by atoms with van der Waals surface area (Å²) in [4.78, 5) is 22.2. The van der Waals surface area contributed by atoms with Crippen LogP contribution < -0.4 is 0 Å². The summed E-state index contributed by atoms with van der Waals surface area (Å²) in [6, 6.07) is 6.85. The molecule has 114 valence electrons. The summed E-state index contributed by atoms with van der Waals surface area (Å²) in [7, 11) is 0. The summed E-state index contributed by atoms with van der Waals surface area (Å²) in [6.07, 6.45) is 1.61. The van der Waals surface area contributed by atoms with E-state index in [4.69, 9.17) is 16.3 Å². The first-order valence-corrected chi connectivity index (χ1v) is 6.86. The third kappa shape index (κ3) is 6.90. The van der Waals surface area contributed by atoms with Crippen molar-refractivity contribution in [3.63, 3.8) is 0 Å². The highest BCUT2D eigenvalue weighted by Gasteiger charge is 2.21. The molecule has 0 saturated heterocycles. The minimum absolute atomic E-state index is 0.0184. The fraction of sp³-hybridized carbons (Fsp3) is 0.400. The van der Waals surface area contributed by atoms with Crippen molar-refractivity contribution in [2.24, 2.45) is 0 Å². The summed E-state index contributed by atoms with van der Waals surface area (Å²) in [5.41, 5.74) is 0.359. The van der Waals surface area contributed by atoms with Gasteiger partial charge in [0, 0.05) is 21.9 Å². The number of hydrogen-bond donors (Lipinski definition) is 0. The van der Waals surface area contributed by atoms with E-state index in [0.29, 0.717) is 5.02 Å². The fourth-order valence-corrected chi connectivity index (χ4v) is 1.67. The van der Waals surface area contributed by atoms with E-state index in [0.717, 1.165) is 5.56 Å². The number of carbonyl (C=O) groups is 1. The molecule has 1 aromatic rings. The van der Waals surface area contributed by atoms with Gasteiger partial charge in [-0.2, -0.15) is 0 Å². The number of halogens is 1. The number of nitrogens with zero attached hydrogens (tertiary/aromatic N) is 1. The molecule has 6 heteroatoms. The van der Waals surface area contributed by atoms with Crippen LogP contribution in [0.4, 0.5) is 0 Å². The first kappa shape index (κ1) is 17.2. The van der Waals surface area contributed by atoms with Crippen LogP contribution >= 0.6 is 11.6 Å². The van der Waals surface area contributed by atoms with E-state index in [-0.39, 0.29) is 18.5 Å². The van der Waals surface area contributed by atoms with E-state index in [9.17, 15) is 14.9 Å². The van der Waals surface area contributed by atoms with Crippen LogP contribution in [-0.2, 0) is 9.53 Å². The number of rotatable bonds is 5. The lowest BCUT2D eigenvalue weighted by Gasteiger charge is -2.20. The van der Waals surface area contributed by atoms with Crippen LogP contribution in [0.1, 0.15) is 32.8 Å². The SMILES string of the molecule is CC(C)(C)OC(=O)/C(=C\c1ccc(Cl)cc1)CC[N+](=O)[O-]. The highest BCUT2D eigenvalue weighted by Crippen LogP contribution is 2.18. The maximum Gasteiger partial charge on any atom is 0.334 e. The molecule has 0 fully saturated rings. The Morgan fingerprint density at radius 3 is 2.38 bits per heavy atom. The van der Waals surface area contributed by atoms with Crippen LogP contribution in [0.2, 0.25) is 5.02 Å². The minimum atomic E-state index is -0.648. The predicted octanol–water partition coefficient (Wildman–Crippen LogP) is 3.73. The summed E-state index contributed by atoms with van der Waals surface area (Å²) in [5.74, 6) is -0.542. The third-order valence-electron chi connectivity index (χ3n) is 2.44. The molecule has 0 radical (unpaired) electrons. The Labute approximate surface area is 128 Å². The topological polar surface area (TPSA) is 69.4 Å². The molecule has 0 saturated carbocycles. The average molecular weight is 312 g/mol. The Morgan fingerprint density at radius 2 is 1.90 bits per heavy atom. The molecule has 1 rings (SSSR count). The number of esters is 1. The smallest absolute Gasteiger partial charge is 0.334 e. The molecular weight excluding hydrogens is 294 g/mol. The van der Waals surface area contributed by atoms with E-state index in [1.54, 1.807) is 51.1 Å². The van der Waals surface area contributed by atoms with Crippen LogP contribution in [-0.4, -0.2) is 23.0 Å². The monoisotopic (exact) mass is 311 g/mol. The van der Waals surface area contributed by atoms with Gasteiger partial charge in [-0.25, -0.2) is 4.79 Å². The van der Waals surface area contributed by atoms with Crippen LogP contribution in [0.3, 0.4) is 0 Å². The molecule has 0 unspecified atom stereocenters. The summed E-state index contributed by atoms with van der Waals surface area (Å²) in [6.45, 7) is 4.92. The fourth-order valence-electron chi connectivity index (χ4n) is 1.55. The number of benzene rings is 1. The second kappa shape index (κ2) is 7.22. The second-order valence-electron chi connectivity index (χ2n) is 5.53. The average Bonchev–Trinajstić information content (AvgIpc) is 2.34. The molecule has 0 heterocycles. The Balaban J connectivity index is 2.97. The maximum atomic E-state index is 12.1. The van der Waals surface area contributed by atoms with E-state index < -0.39 is 16.5 Å². The number of carbonyl (C=O) groups excluding carboxylic acids is 1. The molecule has 0 aliphatic carbocycles. The minimum Gasteiger partial charge on any atom is -0.457 e. The Morgan fingerprint density at radius 1 is 1.33 bits per heavy atom. The normalized spacial score (nSPS) is 12.1.